The van der Waals surface area contributed by atoms with Crippen molar-refractivity contribution in [1.82, 2.24) is 4.57 Å². The third kappa shape index (κ3) is 3.75. The van der Waals surface area contributed by atoms with Crippen molar-refractivity contribution in [2.45, 2.75) is 13.5 Å². The summed E-state index contributed by atoms with van der Waals surface area (Å²) in [4.78, 5) is 11.4. The van der Waals surface area contributed by atoms with Crippen molar-refractivity contribution in [2.24, 2.45) is 0 Å². The summed E-state index contributed by atoms with van der Waals surface area (Å²) in [6.45, 7) is 1.70. The van der Waals surface area contributed by atoms with Crippen molar-refractivity contribution in [3.8, 4) is 16.9 Å². The zero-order valence-corrected chi connectivity index (χ0v) is 15.8. The summed E-state index contributed by atoms with van der Waals surface area (Å²) >= 11 is 0. The van der Waals surface area contributed by atoms with Gasteiger partial charge in [-0.25, -0.2) is 8.42 Å². The molecule has 3 aromatic rings. The number of hydrogen-bond donors (Lipinski definition) is 3. The van der Waals surface area contributed by atoms with E-state index in [1.165, 1.54) is 0 Å². The first-order valence-corrected chi connectivity index (χ1v) is 9.62. The van der Waals surface area contributed by atoms with E-state index in [-0.39, 0.29) is 12.4 Å². The van der Waals surface area contributed by atoms with Crippen LogP contribution in [0.15, 0.2) is 42.5 Å². The number of carboxylic acid groups (broad SMARTS) is 1. The van der Waals surface area contributed by atoms with Crippen molar-refractivity contribution in [3.63, 3.8) is 0 Å². The second kappa shape index (κ2) is 7.71. The average molecular weight is 388 g/mol. The summed E-state index contributed by atoms with van der Waals surface area (Å²) < 4.78 is 29.0. The molecule has 0 atom stereocenters. The maximum Gasteiger partial charge on any atom is 0.323 e. The number of para-hydroxylation sites is 1. The van der Waals surface area contributed by atoms with Gasteiger partial charge in [-0.3, -0.25) is 4.79 Å². The molecule has 2 aromatic carbocycles. The molecule has 0 amide bonds. The molecule has 2 N–H and O–H groups in total. The fourth-order valence-corrected chi connectivity index (χ4v) is 3.59. The van der Waals surface area contributed by atoms with Gasteiger partial charge in [0.2, 0.25) is 0 Å². The number of fused-ring (bicyclic) bond motifs is 1. The minimum atomic E-state index is -2.55. The average Bonchev–Trinajstić information content (AvgIpc) is 2.90. The molecule has 0 saturated carbocycles. The molecule has 0 aliphatic carbocycles. The maximum atomic E-state index is 11.4. The van der Waals surface area contributed by atoms with Crippen molar-refractivity contribution in [2.75, 3.05) is 18.3 Å². The zero-order chi connectivity index (χ0) is 19.6. The van der Waals surface area contributed by atoms with E-state index in [0.717, 1.165) is 27.7 Å². The Balaban J connectivity index is 2.27. The largest absolute Gasteiger partial charge is 0.496 e. The van der Waals surface area contributed by atoms with Crippen LogP contribution in [0, 0.1) is 6.92 Å². The number of benzene rings is 2. The third-order valence-corrected chi connectivity index (χ3v) is 4.82. The molecule has 3 rings (SSSR count). The molecular weight excluding hydrogens is 368 g/mol. The number of rotatable bonds is 7. The van der Waals surface area contributed by atoms with Gasteiger partial charge in [-0.15, -0.1) is 0 Å². The molecule has 0 bridgehead atoms. The molecule has 0 fully saturated rings. The molecule has 142 valence electrons. The van der Waals surface area contributed by atoms with Crippen molar-refractivity contribution < 1.29 is 23.1 Å². The molecule has 0 radical (unpaired) electrons. The van der Waals surface area contributed by atoms with Crippen LogP contribution in [0.1, 0.15) is 5.69 Å². The predicted octanol–water partition coefficient (Wildman–Crippen LogP) is 2.69. The fraction of sp³-hybridized carbons (Fsp3) is 0.211. The lowest BCUT2D eigenvalue weighted by Crippen LogP contribution is -2.10. The summed E-state index contributed by atoms with van der Waals surface area (Å²) in [5, 5.41) is 13.0. The van der Waals surface area contributed by atoms with E-state index in [4.69, 9.17) is 4.74 Å². The molecule has 7 nitrogen and oxygen atoms in total. The van der Waals surface area contributed by atoms with Crippen LogP contribution in [0.25, 0.3) is 22.0 Å². The van der Waals surface area contributed by atoms with Crippen LogP contribution in [-0.4, -0.2) is 37.0 Å². The molecule has 0 aliphatic heterocycles. The quantitative estimate of drug-likeness (QED) is 0.539. The number of nitrogens with zero attached hydrogens (tertiary/aromatic N) is 1. The number of carboxylic acids is 1. The van der Waals surface area contributed by atoms with Gasteiger partial charge in [0.15, 0.2) is 10.7 Å². The van der Waals surface area contributed by atoms with Gasteiger partial charge in [0.05, 0.1) is 7.11 Å². The van der Waals surface area contributed by atoms with Crippen molar-refractivity contribution in [1.29, 1.82) is 0 Å². The van der Waals surface area contributed by atoms with Crippen LogP contribution in [0.4, 0.5) is 5.69 Å². The van der Waals surface area contributed by atoms with Crippen LogP contribution in [0.3, 0.4) is 0 Å². The van der Waals surface area contributed by atoms with Crippen LogP contribution in [-0.2, 0) is 22.0 Å². The van der Waals surface area contributed by atoms with Gasteiger partial charge in [-0.1, -0.05) is 18.2 Å². The number of methoxy groups -OCH3 is 1. The first-order valence-electron chi connectivity index (χ1n) is 8.26. The first kappa shape index (κ1) is 18.8. The number of hydrogen-bond acceptors (Lipinski definition) is 5. The maximum absolute atomic E-state index is 11.4. The van der Waals surface area contributed by atoms with E-state index >= 15 is 0 Å². The van der Waals surface area contributed by atoms with E-state index in [2.05, 4.69) is 5.32 Å². The fourth-order valence-electron chi connectivity index (χ4n) is 3.28. The molecule has 1 heterocycles. The molecule has 0 aliphatic rings. The second-order valence-electron chi connectivity index (χ2n) is 6.04. The number of carbonyl (C=O) groups is 1. The van der Waals surface area contributed by atoms with Crippen LogP contribution in [0.2, 0.25) is 0 Å². The Morgan fingerprint density at radius 1 is 1.22 bits per heavy atom. The Kier molecular flexibility index (Phi) is 5.36. The van der Waals surface area contributed by atoms with E-state index in [1.54, 1.807) is 23.8 Å². The van der Waals surface area contributed by atoms with Gasteiger partial charge in [0.1, 0.15) is 18.2 Å². The Labute approximate surface area is 158 Å². The van der Waals surface area contributed by atoms with Gasteiger partial charge >= 0.3 is 5.97 Å². The molecule has 0 unspecified atom stereocenters. The monoisotopic (exact) mass is 388 g/mol. The normalized spacial score (nSPS) is 11.1. The van der Waals surface area contributed by atoms with E-state index in [0.29, 0.717) is 11.4 Å². The standard InChI is InChI=1S/C19H20N2O5S/c1-12-19(14-5-3-4-6-17(14)26-2)15-9-13(20-11-27(24)25)7-8-16(15)21(12)10-18(22)23/h3-9,20,27H,10-11H2,1-2H3,(H,22,23). The van der Waals surface area contributed by atoms with E-state index < -0.39 is 16.7 Å². The van der Waals surface area contributed by atoms with E-state index in [1.807, 2.05) is 37.3 Å². The predicted molar refractivity (Wildman–Crippen MR) is 105 cm³/mol. The molecule has 8 heteroatoms. The Morgan fingerprint density at radius 3 is 2.63 bits per heavy atom. The Morgan fingerprint density at radius 2 is 1.96 bits per heavy atom. The molecule has 0 spiro atoms. The highest BCUT2D eigenvalue weighted by molar-refractivity contribution is 7.72. The highest BCUT2D eigenvalue weighted by Gasteiger charge is 2.19. The molecule has 27 heavy (non-hydrogen) atoms. The van der Waals surface area contributed by atoms with Gasteiger partial charge < -0.3 is 19.7 Å². The molecular formula is C19H20N2O5S. The minimum Gasteiger partial charge on any atom is -0.496 e. The first-order chi connectivity index (χ1) is 12.9. The topological polar surface area (TPSA) is 97.6 Å². The van der Waals surface area contributed by atoms with Gasteiger partial charge in [-0.2, -0.15) is 0 Å². The molecule has 0 saturated heterocycles. The van der Waals surface area contributed by atoms with Crippen LogP contribution < -0.4 is 10.1 Å². The summed E-state index contributed by atoms with van der Waals surface area (Å²) in [7, 11) is -0.968. The SMILES string of the molecule is COc1ccccc1-c1c(C)n(CC(=O)O)c2ccc(NC[SH](=O)=O)cc12. The number of ether oxygens (including phenoxy) is 1. The summed E-state index contributed by atoms with van der Waals surface area (Å²) in [6.07, 6.45) is 0. The lowest BCUT2D eigenvalue weighted by molar-refractivity contribution is -0.137. The smallest absolute Gasteiger partial charge is 0.323 e. The zero-order valence-electron chi connectivity index (χ0n) is 14.9. The number of nitrogens with one attached hydrogen (secondary N) is 1. The van der Waals surface area contributed by atoms with E-state index in [9.17, 15) is 18.3 Å². The second-order valence-corrected chi connectivity index (χ2v) is 7.02. The number of thiol groups is 1. The minimum absolute atomic E-state index is 0.167. The highest BCUT2D eigenvalue weighted by atomic mass is 32.2. The third-order valence-electron chi connectivity index (χ3n) is 4.41. The van der Waals surface area contributed by atoms with Gasteiger partial charge in [0.25, 0.3) is 0 Å². The number of aromatic nitrogens is 1. The summed E-state index contributed by atoms with van der Waals surface area (Å²) in [6, 6.07) is 12.9. The summed E-state index contributed by atoms with van der Waals surface area (Å²) in [5.41, 5.74) is 3.90. The Bertz CT molecular complexity index is 1080. The van der Waals surface area contributed by atoms with Crippen LogP contribution >= 0.6 is 0 Å². The highest BCUT2D eigenvalue weighted by Crippen LogP contribution is 2.40. The van der Waals surface area contributed by atoms with Crippen LogP contribution in [0.5, 0.6) is 5.75 Å². The number of aliphatic carboxylic acids is 1. The van der Waals surface area contributed by atoms with Gasteiger partial charge in [0, 0.05) is 33.4 Å². The van der Waals surface area contributed by atoms with Crippen molar-refractivity contribution in [3.05, 3.63) is 48.2 Å². The molecule has 1 aromatic heterocycles. The lowest BCUT2D eigenvalue weighted by Gasteiger charge is -2.10. The lowest BCUT2D eigenvalue weighted by atomic mass is 10.0. The summed E-state index contributed by atoms with van der Waals surface area (Å²) in [5.74, 6) is -0.428. The number of anilines is 1. The van der Waals surface area contributed by atoms with Crippen molar-refractivity contribution >= 4 is 33.3 Å². The Hall–Kier alpha value is -3.00. The van der Waals surface area contributed by atoms with Gasteiger partial charge in [-0.05, 0) is 31.2 Å².